The van der Waals surface area contributed by atoms with Crippen LogP contribution < -0.4 is 9.30 Å². The molecule has 1 aliphatic rings. The molecule has 0 saturated carbocycles. The van der Waals surface area contributed by atoms with Crippen LogP contribution in [0.25, 0.3) is 106 Å². The van der Waals surface area contributed by atoms with E-state index in [1.54, 1.807) is 6.07 Å². The van der Waals surface area contributed by atoms with Crippen LogP contribution in [0.4, 0.5) is 0 Å². The van der Waals surface area contributed by atoms with Crippen molar-refractivity contribution in [3.63, 3.8) is 0 Å². The summed E-state index contributed by atoms with van der Waals surface area (Å²) < 4.78 is 112. The molecule has 13 rings (SSSR count). The van der Waals surface area contributed by atoms with Gasteiger partial charge in [-0.05, 0) is 157 Å². The predicted octanol–water partition coefficient (Wildman–Crippen LogP) is 17.9. The van der Waals surface area contributed by atoms with Crippen LogP contribution in [0.2, 0.25) is 0 Å². The van der Waals surface area contributed by atoms with Crippen molar-refractivity contribution < 1.29 is 24.4 Å². The zero-order valence-corrected chi connectivity index (χ0v) is 42.4. The van der Waals surface area contributed by atoms with Gasteiger partial charge in [-0.2, -0.15) is 0 Å². The fourth-order valence-electron chi connectivity index (χ4n) is 10.9. The molecule has 0 fully saturated rings. The predicted molar refractivity (Wildman–Crippen MR) is 310 cm³/mol. The molecule has 75 heavy (non-hydrogen) atoms. The molecule has 0 amide bonds. The second-order valence-corrected chi connectivity index (χ2v) is 21.4. The molecule has 5 nitrogen and oxygen atoms in total. The molecule has 0 bridgehead atoms. The third kappa shape index (κ3) is 7.76. The summed E-state index contributed by atoms with van der Waals surface area (Å²) in [6, 6.07) is 51.6. The first-order chi connectivity index (χ1) is 40.8. The molecule has 3 aromatic heterocycles. The average molecular weight is 982 g/mol. The van der Waals surface area contributed by atoms with Crippen molar-refractivity contribution in [3.8, 4) is 84.3 Å². The van der Waals surface area contributed by atoms with Gasteiger partial charge in [0.1, 0.15) is 17.3 Å². The lowest BCUT2D eigenvalue weighted by Gasteiger charge is -2.27. The highest BCUT2D eigenvalue weighted by Crippen LogP contribution is 2.48. The van der Waals surface area contributed by atoms with Crippen LogP contribution in [0, 0.1) is 20.0 Å². The number of rotatable bonds is 6. The summed E-state index contributed by atoms with van der Waals surface area (Å²) in [6.07, 6.45) is 5.59. The van der Waals surface area contributed by atoms with E-state index in [0.29, 0.717) is 56.2 Å². The Morgan fingerprint density at radius 1 is 0.520 bits per heavy atom. The van der Waals surface area contributed by atoms with Gasteiger partial charge in [-0.1, -0.05) is 181 Å². The van der Waals surface area contributed by atoms with Gasteiger partial charge in [-0.25, -0.2) is 4.98 Å². The van der Waals surface area contributed by atoms with E-state index < -0.39 is 37.2 Å². The minimum atomic E-state index is -2.77. The third-order valence-corrected chi connectivity index (χ3v) is 14.6. The Morgan fingerprint density at radius 2 is 1.16 bits per heavy atom. The summed E-state index contributed by atoms with van der Waals surface area (Å²) in [5.74, 6) is 1.79. The van der Waals surface area contributed by atoms with E-state index in [4.69, 9.17) is 22.1 Å². The van der Waals surface area contributed by atoms with E-state index >= 15 is 0 Å². The normalized spacial score (nSPS) is 14.7. The SMILES string of the molecule is [2H]c1c([2H])c([2H])c(-c2cc3c4c(c2)n(-c2cccc(Oc5ccc6c7ccccc7n(-c7cc(C(C)(C)C)ccn7)c6c5)c2)[c-][n+]4-c2c(cc(C(C)(C)C)cc2-c2c(C([2H])([2H])[2H])cccc2C([2H])([2H])[2H])-c2ccccc2-c2ccccc2-3)c([2H])c1[2H]. The molecule has 0 saturated heterocycles. The number of benzene rings is 9. The molecule has 9 aromatic carbocycles. The van der Waals surface area contributed by atoms with Gasteiger partial charge in [0.2, 0.25) is 0 Å². The first-order valence-electron chi connectivity index (χ1n) is 30.7. The van der Waals surface area contributed by atoms with E-state index in [2.05, 4.69) is 82.8 Å². The number of imidazole rings is 1. The molecule has 0 unspecified atom stereocenters. The molecule has 0 spiro atoms. The number of pyridine rings is 1. The zero-order chi connectivity index (χ0) is 60.7. The Labute approximate surface area is 455 Å². The van der Waals surface area contributed by atoms with Crippen LogP contribution >= 0.6 is 0 Å². The molecule has 0 N–H and O–H groups in total. The van der Waals surface area contributed by atoms with Crippen molar-refractivity contribution in [2.75, 3.05) is 0 Å². The van der Waals surface area contributed by atoms with Crippen LogP contribution in [0.3, 0.4) is 0 Å². The molecule has 364 valence electrons. The van der Waals surface area contributed by atoms with Gasteiger partial charge in [0.15, 0.2) is 0 Å². The lowest BCUT2D eigenvalue weighted by Crippen LogP contribution is -2.32. The number of para-hydroxylation sites is 1. The fourth-order valence-corrected chi connectivity index (χ4v) is 10.9. The maximum absolute atomic E-state index is 9.34. The smallest absolute Gasteiger partial charge is 0.269 e. The zero-order valence-electron chi connectivity index (χ0n) is 53.4. The minimum Gasteiger partial charge on any atom is -0.458 e. The summed E-state index contributed by atoms with van der Waals surface area (Å²) in [5, 5.41) is 2.08. The quantitative estimate of drug-likeness (QED) is 0.123. The Kier molecular flexibility index (Phi) is 8.22. The number of fused-ring (bicyclic) bond motifs is 10. The standard InChI is InChI=1S/C70H58N4O/c1-44-20-18-21-45(2)66(44)61-39-49(70(6,7)8)38-60-56-29-15-13-27-54(56)53-26-12-14-28-55(53)59-36-47(46-22-10-9-11-23-46)37-64-68(59)73(67(60)61)43-72(64)50-24-19-25-51(41-50)75-52-32-33-58-57-30-16-17-31-62(57)74(63(58)42-52)65-40-48(34-35-71-65)69(3,4)5/h9-42H,1-8H3/i1D3,2D3,9D,10D,11D,22D,23D. The minimum absolute atomic E-state index is 0.0127. The summed E-state index contributed by atoms with van der Waals surface area (Å²) in [7, 11) is 0. The Balaban J connectivity index is 1.13. The van der Waals surface area contributed by atoms with Crippen molar-refractivity contribution in [3.05, 3.63) is 235 Å². The number of nitrogens with zero attached hydrogens (tertiary/aromatic N) is 4. The molecule has 4 heterocycles. The van der Waals surface area contributed by atoms with Crippen molar-refractivity contribution >= 4 is 32.8 Å². The fraction of sp³-hybridized carbons (Fsp3) is 0.143. The van der Waals surface area contributed by atoms with Crippen LogP contribution in [0.1, 0.15) is 78.9 Å². The first-order valence-corrected chi connectivity index (χ1v) is 25.2. The van der Waals surface area contributed by atoms with Gasteiger partial charge in [0.25, 0.3) is 6.33 Å². The average Bonchev–Trinajstić information content (AvgIpc) is 1.50. The van der Waals surface area contributed by atoms with Gasteiger partial charge >= 0.3 is 0 Å². The topological polar surface area (TPSA) is 35.9 Å². The summed E-state index contributed by atoms with van der Waals surface area (Å²) >= 11 is 0. The van der Waals surface area contributed by atoms with Crippen molar-refractivity contribution in [2.24, 2.45) is 0 Å². The van der Waals surface area contributed by atoms with Crippen LogP contribution in [-0.2, 0) is 10.8 Å². The van der Waals surface area contributed by atoms with Crippen molar-refractivity contribution in [1.82, 2.24) is 14.1 Å². The highest BCUT2D eigenvalue weighted by atomic mass is 16.5. The lowest BCUT2D eigenvalue weighted by atomic mass is 9.80. The van der Waals surface area contributed by atoms with Gasteiger partial charge in [0.05, 0.1) is 40.3 Å². The van der Waals surface area contributed by atoms with E-state index in [1.165, 1.54) is 18.2 Å². The number of hydrogen-bond donors (Lipinski definition) is 0. The Morgan fingerprint density at radius 3 is 1.88 bits per heavy atom. The molecule has 0 atom stereocenters. The molecule has 12 aromatic rings. The lowest BCUT2D eigenvalue weighted by molar-refractivity contribution is -0.570. The number of aromatic nitrogens is 4. The van der Waals surface area contributed by atoms with Gasteiger partial charge in [-0.15, -0.1) is 0 Å². The highest BCUT2D eigenvalue weighted by molar-refractivity contribution is 6.09. The first kappa shape index (κ1) is 35.4. The molecular weight excluding hydrogens is 913 g/mol. The van der Waals surface area contributed by atoms with Crippen molar-refractivity contribution in [1.29, 1.82) is 0 Å². The molecule has 0 radical (unpaired) electrons. The largest absolute Gasteiger partial charge is 0.458 e. The second-order valence-electron chi connectivity index (χ2n) is 21.4. The van der Waals surface area contributed by atoms with Crippen LogP contribution in [0.15, 0.2) is 206 Å². The van der Waals surface area contributed by atoms with Gasteiger partial charge in [0, 0.05) is 31.3 Å². The van der Waals surface area contributed by atoms with Gasteiger partial charge in [-0.3, -0.25) is 13.7 Å². The summed E-state index contributed by atoms with van der Waals surface area (Å²) in [5.41, 5.74) is 10.0. The van der Waals surface area contributed by atoms with Gasteiger partial charge < -0.3 is 4.74 Å². The molecule has 0 aliphatic carbocycles. The third-order valence-electron chi connectivity index (χ3n) is 14.6. The van der Waals surface area contributed by atoms with Crippen LogP contribution in [0.5, 0.6) is 11.5 Å². The number of hydrogen-bond acceptors (Lipinski definition) is 2. The molecule has 1 aliphatic heterocycles. The maximum Gasteiger partial charge on any atom is 0.269 e. The monoisotopic (exact) mass is 982 g/mol. The van der Waals surface area contributed by atoms with E-state index in [-0.39, 0.29) is 39.8 Å². The Bertz CT molecular complexity index is 4740. The summed E-state index contributed by atoms with van der Waals surface area (Å²) in [4.78, 5) is 4.88. The molecular formula is C70H58N4O. The maximum atomic E-state index is 9.34. The van der Waals surface area contributed by atoms with E-state index in [1.807, 2.05) is 131 Å². The van der Waals surface area contributed by atoms with Crippen molar-refractivity contribution in [2.45, 2.75) is 66.1 Å². The van der Waals surface area contributed by atoms with E-state index in [0.717, 1.165) is 61.0 Å². The number of ether oxygens (including phenoxy) is 1. The van der Waals surface area contributed by atoms with Crippen LogP contribution in [-0.4, -0.2) is 14.1 Å². The van der Waals surface area contributed by atoms with E-state index in [9.17, 15) is 2.74 Å². The second kappa shape index (κ2) is 17.4. The number of aryl methyl sites for hydroxylation is 2. The highest BCUT2D eigenvalue weighted by Gasteiger charge is 2.30. The Hall–Kier alpha value is -8.80. The molecule has 5 heteroatoms. The summed E-state index contributed by atoms with van der Waals surface area (Å²) in [6.45, 7) is 7.20.